The van der Waals surface area contributed by atoms with Gasteiger partial charge in [0.2, 0.25) is 0 Å². The van der Waals surface area contributed by atoms with Crippen LogP contribution in [0.25, 0.3) is 0 Å². The molecule has 232 valence electrons. The summed E-state index contributed by atoms with van der Waals surface area (Å²) >= 11 is 37.9. The van der Waals surface area contributed by atoms with Crippen molar-refractivity contribution in [3.05, 3.63) is 0 Å². The maximum atomic E-state index is 8.50. The molecule has 0 atom stereocenters. The normalized spacial score (nSPS) is 20.0. The average molecular weight is 803 g/mol. The van der Waals surface area contributed by atoms with Crippen molar-refractivity contribution in [2.75, 3.05) is 78.5 Å². The van der Waals surface area contributed by atoms with Gasteiger partial charge in [-0.3, -0.25) is 0 Å². The summed E-state index contributed by atoms with van der Waals surface area (Å²) in [7, 11) is 0. The van der Waals surface area contributed by atoms with E-state index in [-0.39, 0.29) is 0 Å². The topological polar surface area (TPSA) is 108 Å². The molecule has 0 aromatic rings. The quantitative estimate of drug-likeness (QED) is 0.0671. The van der Waals surface area contributed by atoms with E-state index in [1.807, 2.05) is 10.2 Å². The monoisotopic (exact) mass is 804 g/mol. The zero-order valence-corrected chi connectivity index (χ0v) is 30.7. The maximum absolute atomic E-state index is 8.50. The van der Waals surface area contributed by atoms with Crippen molar-refractivity contribution in [2.24, 2.45) is 0 Å². The third-order valence-corrected chi connectivity index (χ3v) is 7.23. The molecule has 4 aliphatic rings. The minimum atomic E-state index is -2.03. The van der Waals surface area contributed by atoms with Crippen LogP contribution in [-0.4, -0.2) is 137 Å². The van der Waals surface area contributed by atoms with Gasteiger partial charge in [0.15, 0.2) is 8.64 Å². The van der Waals surface area contributed by atoms with Gasteiger partial charge < -0.3 is 60.3 Å². The Morgan fingerprint density at radius 1 is 0.610 bits per heavy atom. The molecule has 0 radical (unpaired) electrons. The molecular weight excluding hydrogens is 769 g/mol. The fraction of sp³-hybridized carbons (Fsp3) is 0.778. The molecule has 23 heteroatoms. The molecule has 4 saturated heterocycles. The molecular formula is C18H34MoN12O2S8. The molecule has 4 aliphatic heterocycles. The van der Waals surface area contributed by atoms with Crippen LogP contribution in [0, 0.1) is 0 Å². The van der Waals surface area contributed by atoms with Gasteiger partial charge in [-0.25, -0.2) is 21.1 Å². The number of hydrogen-bond acceptors (Lipinski definition) is 16. The number of nitrogens with one attached hydrogen (secondary N) is 4. The second-order valence-corrected chi connectivity index (χ2v) is 13.1. The van der Waals surface area contributed by atoms with Crippen molar-refractivity contribution in [2.45, 2.75) is 12.8 Å². The van der Waals surface area contributed by atoms with Crippen molar-refractivity contribution < 1.29 is 25.3 Å². The molecule has 0 aliphatic carbocycles. The Hall–Kier alpha value is 0.668. The fourth-order valence-electron chi connectivity index (χ4n) is 4.24. The molecule has 4 fully saturated rings. The van der Waals surface area contributed by atoms with Crippen LogP contribution in [0.15, 0.2) is 0 Å². The second kappa shape index (κ2) is 20.7. The van der Waals surface area contributed by atoms with E-state index in [0.717, 1.165) is 91.4 Å². The molecule has 0 aromatic carbocycles. The number of thiol groups is 2. The minimum absolute atomic E-state index is 0.340. The van der Waals surface area contributed by atoms with Crippen molar-refractivity contribution in [3.8, 4) is 0 Å². The van der Waals surface area contributed by atoms with Crippen molar-refractivity contribution in [3.63, 3.8) is 0 Å². The summed E-state index contributed by atoms with van der Waals surface area (Å²) in [6.45, 7) is 10.4. The Morgan fingerprint density at radius 3 is 1.15 bits per heavy atom. The Bertz CT molecular complexity index is 848. The standard InChI is InChI=1S/2C9H18N6S4.Mo.2O/c2*16-8(17)14(12-6-3-10-4-7-12)15(9(18)19)13-5-1-2-11-13;;;/h2*10-11H,1-7H2,(H,16,17)(H,18,19);;;/q;;+2;;/p-2. The van der Waals surface area contributed by atoms with Crippen molar-refractivity contribution in [1.82, 2.24) is 62.2 Å². The Labute approximate surface area is 293 Å². The van der Waals surface area contributed by atoms with Gasteiger partial charge in [0.05, 0.1) is 0 Å². The number of rotatable bonds is 4. The van der Waals surface area contributed by atoms with Crippen LogP contribution in [0.4, 0.5) is 0 Å². The van der Waals surface area contributed by atoms with Crippen LogP contribution >= 0.6 is 74.1 Å². The van der Waals surface area contributed by atoms with Gasteiger partial charge in [0.1, 0.15) is 0 Å². The van der Waals surface area contributed by atoms with E-state index in [2.05, 4.69) is 56.8 Å². The first kappa shape index (κ1) is 37.9. The fourth-order valence-corrected chi connectivity index (χ4v) is 5.75. The molecule has 0 amide bonds. The van der Waals surface area contributed by atoms with Gasteiger partial charge in [-0.05, 0) is 45.9 Å². The molecule has 0 unspecified atom stereocenters. The van der Waals surface area contributed by atoms with Crippen molar-refractivity contribution in [1.29, 1.82) is 0 Å². The van der Waals surface area contributed by atoms with Gasteiger partial charge in [-0.1, -0.05) is 0 Å². The summed E-state index contributed by atoms with van der Waals surface area (Å²) in [6, 6.07) is 0. The van der Waals surface area contributed by atoms with Gasteiger partial charge in [-0.15, -0.1) is 35.5 Å². The van der Waals surface area contributed by atoms with Crippen LogP contribution in [0.3, 0.4) is 0 Å². The van der Waals surface area contributed by atoms with Gasteiger partial charge in [0.25, 0.3) is 0 Å². The molecule has 4 heterocycles. The van der Waals surface area contributed by atoms with Crippen LogP contribution < -0.4 is 21.5 Å². The molecule has 4 N–H and O–H groups in total. The van der Waals surface area contributed by atoms with Gasteiger partial charge in [-0.2, -0.15) is 20.3 Å². The third kappa shape index (κ3) is 12.2. The van der Waals surface area contributed by atoms with Gasteiger partial charge in [0, 0.05) is 78.5 Å². The molecule has 0 bridgehead atoms. The molecule has 4 rings (SSSR count). The number of piperazine rings is 2. The second-order valence-electron chi connectivity index (χ2n) is 8.50. The van der Waals surface area contributed by atoms with Crippen LogP contribution in [0.2, 0.25) is 0 Å². The molecule has 14 nitrogen and oxygen atoms in total. The zero-order valence-electron chi connectivity index (χ0n) is 22.0. The SMILES string of the molecule is S=C([S-])N(N1CCNCC1)N(C(=S)S)N1CCCN1.S=C([S-])N(N1CCNCC1)N(C(=S)S)N1CCCN1.[O]=[Mo+2]=[O]. The van der Waals surface area contributed by atoms with E-state index in [1.165, 1.54) is 0 Å². The van der Waals surface area contributed by atoms with Crippen molar-refractivity contribution >= 4 is 117 Å². The van der Waals surface area contributed by atoms with Crippen LogP contribution in [0.5, 0.6) is 0 Å². The molecule has 0 saturated carbocycles. The first-order valence-electron chi connectivity index (χ1n) is 12.6. The molecule has 41 heavy (non-hydrogen) atoms. The average Bonchev–Trinajstić information content (AvgIpc) is 3.66. The Balaban J connectivity index is 0.000000262. The summed E-state index contributed by atoms with van der Waals surface area (Å²) in [5.74, 6) is 0. The Kier molecular flexibility index (Phi) is 19.1. The molecule has 0 aromatic heterocycles. The summed E-state index contributed by atoms with van der Waals surface area (Å²) in [5.41, 5.74) is 6.49. The molecule has 0 spiro atoms. The van der Waals surface area contributed by atoms with E-state index in [0.29, 0.717) is 17.3 Å². The van der Waals surface area contributed by atoms with Crippen LogP contribution in [-0.2, 0) is 50.5 Å². The Morgan fingerprint density at radius 2 is 0.927 bits per heavy atom. The van der Waals surface area contributed by atoms with E-state index >= 15 is 0 Å². The zero-order chi connectivity index (χ0) is 30.4. The number of nitrogens with zero attached hydrogens (tertiary/aromatic N) is 8. The summed E-state index contributed by atoms with van der Waals surface area (Å²) in [5, 5.41) is 21.6. The summed E-state index contributed by atoms with van der Waals surface area (Å²) in [4.78, 5) is 0. The number of hydrogen-bond donors (Lipinski definition) is 6. The van der Waals surface area contributed by atoms with Gasteiger partial charge >= 0.3 is 25.3 Å². The number of hydrazine groups is 8. The number of thiocarbonyl (C=S) groups is 4. The predicted octanol–water partition coefficient (Wildman–Crippen LogP) is -1.25. The first-order chi connectivity index (χ1) is 19.6. The predicted molar refractivity (Wildman–Crippen MR) is 179 cm³/mol. The third-order valence-electron chi connectivity index (χ3n) is 5.89. The first-order valence-corrected chi connectivity index (χ1v) is 17.5. The summed E-state index contributed by atoms with van der Waals surface area (Å²) in [6.07, 6.45) is 2.10. The van der Waals surface area contributed by atoms with E-state index in [9.17, 15) is 0 Å². The summed E-state index contributed by atoms with van der Waals surface area (Å²) < 4.78 is 18.5. The van der Waals surface area contributed by atoms with E-state index in [1.54, 1.807) is 20.5 Å². The van der Waals surface area contributed by atoms with E-state index < -0.39 is 18.5 Å². The van der Waals surface area contributed by atoms with Crippen LogP contribution in [0.1, 0.15) is 12.8 Å². The van der Waals surface area contributed by atoms with E-state index in [4.69, 9.17) is 80.9 Å².